The fourth-order valence-electron chi connectivity index (χ4n) is 2.89. The molecule has 0 saturated heterocycles. The number of benzene rings is 1. The molecule has 0 radical (unpaired) electrons. The summed E-state index contributed by atoms with van der Waals surface area (Å²) in [6.45, 7) is 2.88. The monoisotopic (exact) mass is 341 g/mol. The van der Waals surface area contributed by atoms with Crippen LogP contribution in [-0.4, -0.2) is 22.1 Å². The zero-order valence-electron chi connectivity index (χ0n) is 13.8. The van der Waals surface area contributed by atoms with E-state index in [2.05, 4.69) is 41.1 Å². The maximum atomic E-state index is 5.93. The minimum atomic E-state index is 0.317. The summed E-state index contributed by atoms with van der Waals surface area (Å²) in [6.07, 6.45) is 4.68. The summed E-state index contributed by atoms with van der Waals surface area (Å²) in [5, 5.41) is 4.89. The smallest absolute Gasteiger partial charge is 0.151 e. The van der Waals surface area contributed by atoms with Gasteiger partial charge in [0.1, 0.15) is 5.69 Å². The average molecular weight is 342 g/mol. The Hall–Kier alpha value is -2.17. The van der Waals surface area contributed by atoms with E-state index < -0.39 is 0 Å². The summed E-state index contributed by atoms with van der Waals surface area (Å²) in [5.74, 6) is 0.843. The largest absolute Gasteiger partial charge is 0.359 e. The number of halogens is 1. The van der Waals surface area contributed by atoms with Gasteiger partial charge < -0.3 is 4.52 Å². The Bertz CT molecular complexity index is 771. The van der Waals surface area contributed by atoms with E-state index in [0.29, 0.717) is 17.6 Å². The van der Waals surface area contributed by atoms with Gasteiger partial charge in [-0.15, -0.1) is 0 Å². The van der Waals surface area contributed by atoms with Crippen LogP contribution in [0, 0.1) is 0 Å². The molecule has 0 aliphatic heterocycles. The molecule has 2 aromatic heterocycles. The van der Waals surface area contributed by atoms with Crippen molar-refractivity contribution in [3.63, 3.8) is 0 Å². The zero-order chi connectivity index (χ0) is 16.9. The Balaban J connectivity index is 1.72. The van der Waals surface area contributed by atoms with Crippen molar-refractivity contribution in [1.82, 2.24) is 15.0 Å². The normalized spacial score (nSPS) is 12.5. The van der Waals surface area contributed by atoms with E-state index >= 15 is 0 Å². The number of rotatable bonds is 6. The molecular weight excluding hydrogens is 322 g/mol. The van der Waals surface area contributed by atoms with E-state index in [1.54, 1.807) is 0 Å². The molecule has 0 amide bonds. The van der Waals surface area contributed by atoms with Gasteiger partial charge in [-0.2, -0.15) is 0 Å². The predicted molar refractivity (Wildman–Crippen MR) is 95.7 cm³/mol. The minimum absolute atomic E-state index is 0.317. The second kappa shape index (κ2) is 7.60. The quantitative estimate of drug-likeness (QED) is 0.634. The number of hydrogen-bond acceptors (Lipinski definition) is 4. The molecule has 3 aromatic rings. The fourth-order valence-corrected chi connectivity index (χ4v) is 3.01. The van der Waals surface area contributed by atoms with Crippen LogP contribution < -0.4 is 0 Å². The third-order valence-electron chi connectivity index (χ3n) is 4.11. The van der Waals surface area contributed by atoms with Gasteiger partial charge in [0.05, 0.1) is 6.54 Å². The van der Waals surface area contributed by atoms with Crippen molar-refractivity contribution in [1.29, 1.82) is 0 Å². The Morgan fingerprint density at radius 1 is 1.12 bits per heavy atom. The molecule has 0 aliphatic carbocycles. The molecule has 2 heterocycles. The molecule has 0 spiro atoms. The highest BCUT2D eigenvalue weighted by Gasteiger charge is 2.17. The van der Waals surface area contributed by atoms with E-state index in [9.17, 15) is 0 Å². The Morgan fingerprint density at radius 3 is 2.50 bits per heavy atom. The number of hydrogen-bond donors (Lipinski definition) is 0. The molecule has 124 valence electrons. The summed E-state index contributed by atoms with van der Waals surface area (Å²) in [7, 11) is 2.10. The Kier molecular flexibility index (Phi) is 5.28. The van der Waals surface area contributed by atoms with Crippen molar-refractivity contribution < 1.29 is 4.52 Å². The van der Waals surface area contributed by atoms with Crippen LogP contribution in [0.3, 0.4) is 0 Å². The topological polar surface area (TPSA) is 42.2 Å². The van der Waals surface area contributed by atoms with Gasteiger partial charge in [0.25, 0.3) is 0 Å². The lowest BCUT2D eigenvalue weighted by atomic mass is 10.0. The van der Waals surface area contributed by atoms with Crippen LogP contribution >= 0.6 is 11.6 Å². The van der Waals surface area contributed by atoms with Crippen molar-refractivity contribution >= 4 is 11.6 Å². The molecule has 0 N–H and O–H groups in total. The molecule has 24 heavy (non-hydrogen) atoms. The minimum Gasteiger partial charge on any atom is -0.359 e. The van der Waals surface area contributed by atoms with Gasteiger partial charge in [-0.05, 0) is 43.3 Å². The summed E-state index contributed by atoms with van der Waals surface area (Å²) >= 11 is 5.93. The van der Waals surface area contributed by atoms with Crippen LogP contribution in [0.25, 0.3) is 11.3 Å². The summed E-state index contributed by atoms with van der Waals surface area (Å²) in [4.78, 5) is 6.36. The third kappa shape index (κ3) is 3.83. The van der Waals surface area contributed by atoms with E-state index in [1.165, 1.54) is 5.56 Å². The highest BCUT2D eigenvalue weighted by molar-refractivity contribution is 6.30. The maximum Gasteiger partial charge on any atom is 0.151 e. The zero-order valence-corrected chi connectivity index (χ0v) is 14.6. The highest BCUT2D eigenvalue weighted by Crippen LogP contribution is 2.26. The van der Waals surface area contributed by atoms with Gasteiger partial charge in [0.15, 0.2) is 5.76 Å². The molecule has 5 heteroatoms. The first-order valence-corrected chi connectivity index (χ1v) is 8.37. The van der Waals surface area contributed by atoms with Crippen LogP contribution in [-0.2, 0) is 6.54 Å². The molecule has 0 saturated carbocycles. The molecule has 0 bridgehead atoms. The average Bonchev–Trinajstić information content (AvgIpc) is 3.05. The molecular formula is C19H20ClN3O. The Morgan fingerprint density at radius 2 is 1.83 bits per heavy atom. The third-order valence-corrected chi connectivity index (χ3v) is 4.37. The fraction of sp³-hybridized carbons (Fsp3) is 0.263. The van der Waals surface area contributed by atoms with Crippen LogP contribution in [0.4, 0.5) is 0 Å². The second-order valence-electron chi connectivity index (χ2n) is 5.81. The summed E-state index contributed by atoms with van der Waals surface area (Å²) in [5.41, 5.74) is 3.08. The maximum absolute atomic E-state index is 5.93. The van der Waals surface area contributed by atoms with Crippen molar-refractivity contribution in [2.24, 2.45) is 0 Å². The Labute approximate surface area is 147 Å². The van der Waals surface area contributed by atoms with E-state index in [1.807, 2.05) is 42.7 Å². The number of nitrogens with zero attached hydrogens (tertiary/aromatic N) is 3. The lowest BCUT2D eigenvalue weighted by Gasteiger charge is -2.26. The lowest BCUT2D eigenvalue weighted by molar-refractivity contribution is 0.204. The van der Waals surface area contributed by atoms with Gasteiger partial charge in [0, 0.05) is 35.1 Å². The summed E-state index contributed by atoms with van der Waals surface area (Å²) in [6, 6.07) is 14.0. The number of aromatic nitrogens is 2. The van der Waals surface area contributed by atoms with E-state index in [0.717, 1.165) is 23.4 Å². The first kappa shape index (κ1) is 16.7. The molecule has 0 unspecified atom stereocenters. The standard InChI is InChI=1S/C19H20ClN3O/c1-3-19(15-8-10-21-11-9-15)23(2)13-17-12-18(22-24-17)14-4-6-16(20)7-5-14/h4-12,19H,3,13H2,1-2H3/t19-/m1/s1. The van der Waals surface area contributed by atoms with Crippen molar-refractivity contribution in [2.75, 3.05) is 7.05 Å². The van der Waals surface area contributed by atoms with E-state index in [-0.39, 0.29) is 0 Å². The van der Waals surface area contributed by atoms with Gasteiger partial charge in [-0.25, -0.2) is 0 Å². The van der Waals surface area contributed by atoms with Gasteiger partial charge in [-0.1, -0.05) is 35.8 Å². The van der Waals surface area contributed by atoms with Crippen LogP contribution in [0.15, 0.2) is 59.4 Å². The van der Waals surface area contributed by atoms with Crippen LogP contribution in [0.1, 0.15) is 30.7 Å². The first-order chi connectivity index (χ1) is 11.7. The second-order valence-corrected chi connectivity index (χ2v) is 6.24. The molecule has 3 rings (SSSR count). The highest BCUT2D eigenvalue weighted by atomic mass is 35.5. The van der Waals surface area contributed by atoms with Gasteiger partial charge >= 0.3 is 0 Å². The summed E-state index contributed by atoms with van der Waals surface area (Å²) < 4.78 is 5.51. The van der Waals surface area contributed by atoms with Crippen molar-refractivity contribution in [2.45, 2.75) is 25.9 Å². The SMILES string of the molecule is CC[C@H](c1ccncc1)N(C)Cc1cc(-c2ccc(Cl)cc2)no1. The lowest BCUT2D eigenvalue weighted by Crippen LogP contribution is -2.23. The molecule has 1 atom stereocenters. The van der Waals surface area contributed by atoms with Crippen molar-refractivity contribution in [3.05, 3.63) is 71.2 Å². The van der Waals surface area contributed by atoms with Gasteiger partial charge in [0.2, 0.25) is 0 Å². The first-order valence-electron chi connectivity index (χ1n) is 7.99. The molecule has 0 fully saturated rings. The number of pyridine rings is 1. The van der Waals surface area contributed by atoms with Crippen LogP contribution in [0.2, 0.25) is 5.02 Å². The molecule has 1 aromatic carbocycles. The molecule has 4 nitrogen and oxygen atoms in total. The van der Waals surface area contributed by atoms with Crippen molar-refractivity contribution in [3.8, 4) is 11.3 Å². The molecule has 0 aliphatic rings. The van der Waals surface area contributed by atoms with Crippen LogP contribution in [0.5, 0.6) is 0 Å². The van der Waals surface area contributed by atoms with E-state index in [4.69, 9.17) is 16.1 Å². The van der Waals surface area contributed by atoms with Gasteiger partial charge in [-0.3, -0.25) is 9.88 Å². The predicted octanol–water partition coefficient (Wildman–Crippen LogP) is 4.97.